The Morgan fingerprint density at radius 2 is 1.70 bits per heavy atom. The van der Waals surface area contributed by atoms with Gasteiger partial charge in [-0.3, -0.25) is 4.79 Å². The molecule has 0 radical (unpaired) electrons. The van der Waals surface area contributed by atoms with E-state index in [4.69, 9.17) is 0 Å². The Labute approximate surface area is 136 Å². The van der Waals surface area contributed by atoms with Crippen LogP contribution in [0, 0.1) is 13.8 Å². The van der Waals surface area contributed by atoms with Crippen molar-refractivity contribution in [3.05, 3.63) is 58.7 Å². The van der Waals surface area contributed by atoms with Gasteiger partial charge in [-0.1, -0.05) is 43.3 Å². The van der Waals surface area contributed by atoms with E-state index < -0.39 is 5.97 Å². The topological polar surface area (TPSA) is 53.1 Å². The van der Waals surface area contributed by atoms with Gasteiger partial charge in [0.2, 0.25) is 0 Å². The van der Waals surface area contributed by atoms with Gasteiger partial charge in [0.05, 0.1) is 12.1 Å². The van der Waals surface area contributed by atoms with Crippen LogP contribution in [0.3, 0.4) is 0 Å². The van der Waals surface area contributed by atoms with Crippen LogP contribution in [0.25, 0.3) is 22.2 Å². The van der Waals surface area contributed by atoms with Gasteiger partial charge in [0.1, 0.15) is 0 Å². The summed E-state index contributed by atoms with van der Waals surface area (Å²) in [7, 11) is 0. The largest absolute Gasteiger partial charge is 0.481 e. The first-order valence-corrected chi connectivity index (χ1v) is 7.93. The van der Waals surface area contributed by atoms with Crippen molar-refractivity contribution in [2.75, 3.05) is 0 Å². The van der Waals surface area contributed by atoms with E-state index >= 15 is 0 Å². The third-order valence-electron chi connectivity index (χ3n) is 4.45. The predicted octanol–water partition coefficient (Wildman–Crippen LogP) is 4.64. The molecule has 3 aromatic rings. The molecule has 2 aromatic carbocycles. The second-order valence-corrected chi connectivity index (χ2v) is 6.05. The Kier molecular flexibility index (Phi) is 3.95. The normalized spacial score (nSPS) is 11.1. The number of aryl methyl sites for hydroxylation is 3. The number of benzene rings is 2. The SMILES string of the molecule is CCc1ccc(-c2[nH]c3c(C)ccc(C)c3c2CC(=O)O)cc1. The van der Waals surface area contributed by atoms with Crippen LogP contribution in [0.15, 0.2) is 36.4 Å². The molecule has 0 aliphatic heterocycles. The number of nitrogens with one attached hydrogen (secondary N) is 1. The summed E-state index contributed by atoms with van der Waals surface area (Å²) < 4.78 is 0. The van der Waals surface area contributed by atoms with Crippen LogP contribution >= 0.6 is 0 Å². The zero-order valence-electron chi connectivity index (χ0n) is 13.7. The highest BCUT2D eigenvalue weighted by Gasteiger charge is 2.18. The van der Waals surface area contributed by atoms with Crippen molar-refractivity contribution in [1.82, 2.24) is 4.98 Å². The number of aromatic amines is 1. The molecular weight excluding hydrogens is 286 g/mol. The first kappa shape index (κ1) is 15.3. The van der Waals surface area contributed by atoms with E-state index in [0.717, 1.165) is 45.3 Å². The van der Waals surface area contributed by atoms with E-state index in [1.807, 2.05) is 13.8 Å². The zero-order valence-corrected chi connectivity index (χ0v) is 13.7. The highest BCUT2D eigenvalue weighted by molar-refractivity contribution is 5.97. The van der Waals surface area contributed by atoms with Crippen molar-refractivity contribution in [3.8, 4) is 11.3 Å². The number of fused-ring (bicyclic) bond motifs is 1. The summed E-state index contributed by atoms with van der Waals surface area (Å²) in [6.45, 7) is 6.21. The van der Waals surface area contributed by atoms with Crippen molar-refractivity contribution in [3.63, 3.8) is 0 Å². The molecule has 0 bridgehead atoms. The standard InChI is InChI=1S/C20H21NO2/c1-4-14-7-9-15(10-8-14)20-16(11-17(22)23)18-12(2)5-6-13(3)19(18)21-20/h5-10,21H,4,11H2,1-3H3,(H,22,23). The van der Waals surface area contributed by atoms with E-state index in [9.17, 15) is 9.90 Å². The third-order valence-corrected chi connectivity index (χ3v) is 4.45. The molecule has 0 aliphatic carbocycles. The maximum Gasteiger partial charge on any atom is 0.307 e. The van der Waals surface area contributed by atoms with Crippen molar-refractivity contribution in [2.24, 2.45) is 0 Å². The fourth-order valence-corrected chi connectivity index (χ4v) is 3.17. The van der Waals surface area contributed by atoms with Crippen LogP contribution < -0.4 is 0 Å². The minimum Gasteiger partial charge on any atom is -0.481 e. The molecule has 0 amide bonds. The van der Waals surface area contributed by atoms with Gasteiger partial charge in [-0.2, -0.15) is 0 Å². The van der Waals surface area contributed by atoms with Crippen molar-refractivity contribution in [1.29, 1.82) is 0 Å². The third kappa shape index (κ3) is 2.74. The summed E-state index contributed by atoms with van der Waals surface area (Å²) in [6, 6.07) is 12.5. The van der Waals surface area contributed by atoms with E-state index in [1.165, 1.54) is 5.56 Å². The Morgan fingerprint density at radius 1 is 1.04 bits per heavy atom. The first-order chi connectivity index (χ1) is 11.0. The van der Waals surface area contributed by atoms with Crippen LogP contribution in [-0.4, -0.2) is 16.1 Å². The summed E-state index contributed by atoms with van der Waals surface area (Å²) in [5.41, 5.74) is 7.38. The summed E-state index contributed by atoms with van der Waals surface area (Å²) in [6.07, 6.45) is 1.02. The molecule has 0 saturated carbocycles. The number of aliphatic carboxylic acids is 1. The lowest BCUT2D eigenvalue weighted by Gasteiger charge is -2.05. The highest BCUT2D eigenvalue weighted by atomic mass is 16.4. The van der Waals surface area contributed by atoms with Crippen molar-refractivity contribution >= 4 is 16.9 Å². The fourth-order valence-electron chi connectivity index (χ4n) is 3.17. The minimum atomic E-state index is -0.807. The number of aromatic nitrogens is 1. The van der Waals surface area contributed by atoms with E-state index in [2.05, 4.69) is 48.3 Å². The zero-order chi connectivity index (χ0) is 16.6. The first-order valence-electron chi connectivity index (χ1n) is 7.93. The maximum atomic E-state index is 11.4. The van der Waals surface area contributed by atoms with Gasteiger partial charge < -0.3 is 10.1 Å². The molecule has 0 fully saturated rings. The molecule has 3 heteroatoms. The summed E-state index contributed by atoms with van der Waals surface area (Å²) in [5, 5.41) is 10.4. The highest BCUT2D eigenvalue weighted by Crippen LogP contribution is 2.34. The molecule has 118 valence electrons. The molecule has 0 unspecified atom stereocenters. The van der Waals surface area contributed by atoms with Crippen molar-refractivity contribution in [2.45, 2.75) is 33.6 Å². The lowest BCUT2D eigenvalue weighted by Crippen LogP contribution is -2.01. The Hall–Kier alpha value is -2.55. The lowest BCUT2D eigenvalue weighted by molar-refractivity contribution is -0.136. The minimum absolute atomic E-state index is 0.0230. The monoisotopic (exact) mass is 307 g/mol. The Morgan fingerprint density at radius 3 is 2.30 bits per heavy atom. The van der Waals surface area contributed by atoms with Crippen LogP contribution in [-0.2, 0) is 17.6 Å². The number of carboxylic acid groups (broad SMARTS) is 1. The van der Waals surface area contributed by atoms with Crippen LogP contribution in [0.2, 0.25) is 0 Å². The number of hydrogen-bond donors (Lipinski definition) is 2. The molecule has 23 heavy (non-hydrogen) atoms. The molecule has 0 aliphatic rings. The quantitative estimate of drug-likeness (QED) is 0.737. The predicted molar refractivity (Wildman–Crippen MR) is 93.9 cm³/mol. The van der Waals surface area contributed by atoms with Gasteiger partial charge in [-0.05, 0) is 48.1 Å². The van der Waals surface area contributed by atoms with Crippen molar-refractivity contribution < 1.29 is 9.90 Å². The van der Waals surface area contributed by atoms with Gasteiger partial charge >= 0.3 is 5.97 Å². The van der Waals surface area contributed by atoms with Gasteiger partial charge in [0, 0.05) is 10.9 Å². The molecule has 3 rings (SSSR count). The Balaban J connectivity index is 2.27. The number of hydrogen-bond acceptors (Lipinski definition) is 1. The van der Waals surface area contributed by atoms with Gasteiger partial charge in [-0.15, -0.1) is 0 Å². The van der Waals surface area contributed by atoms with Crippen LogP contribution in [0.5, 0.6) is 0 Å². The number of carbonyl (C=O) groups is 1. The molecular formula is C20H21NO2. The molecule has 1 aromatic heterocycles. The molecule has 0 spiro atoms. The molecule has 1 heterocycles. The van der Waals surface area contributed by atoms with E-state index in [0.29, 0.717) is 0 Å². The molecule has 0 atom stereocenters. The molecule has 3 nitrogen and oxygen atoms in total. The van der Waals surface area contributed by atoms with Gasteiger partial charge in [-0.25, -0.2) is 0 Å². The van der Waals surface area contributed by atoms with E-state index in [-0.39, 0.29) is 6.42 Å². The second kappa shape index (κ2) is 5.92. The van der Waals surface area contributed by atoms with E-state index in [1.54, 1.807) is 0 Å². The van der Waals surface area contributed by atoms with Gasteiger partial charge in [0.15, 0.2) is 0 Å². The summed E-state index contributed by atoms with van der Waals surface area (Å²) in [4.78, 5) is 14.8. The number of H-pyrrole nitrogens is 1. The average Bonchev–Trinajstić information content (AvgIpc) is 2.91. The second-order valence-electron chi connectivity index (χ2n) is 6.05. The average molecular weight is 307 g/mol. The molecule has 2 N–H and O–H groups in total. The number of carboxylic acids is 1. The smallest absolute Gasteiger partial charge is 0.307 e. The maximum absolute atomic E-state index is 11.4. The van der Waals surface area contributed by atoms with Gasteiger partial charge in [0.25, 0.3) is 0 Å². The Bertz CT molecular complexity index is 873. The summed E-state index contributed by atoms with van der Waals surface area (Å²) in [5.74, 6) is -0.807. The van der Waals surface area contributed by atoms with Crippen LogP contribution in [0.4, 0.5) is 0 Å². The summed E-state index contributed by atoms with van der Waals surface area (Å²) >= 11 is 0. The molecule has 0 saturated heterocycles. The lowest BCUT2D eigenvalue weighted by atomic mass is 9.98. The number of rotatable bonds is 4. The van der Waals surface area contributed by atoms with Crippen LogP contribution in [0.1, 0.15) is 29.2 Å². The fraction of sp³-hybridized carbons (Fsp3) is 0.250.